The number of rotatable bonds is 2. The van der Waals surface area contributed by atoms with E-state index in [1.54, 1.807) is 12.1 Å². The first-order valence-electron chi connectivity index (χ1n) is 4.06. The topological polar surface area (TPSA) is 70.0 Å². The zero-order valence-electron chi connectivity index (χ0n) is 7.49. The lowest BCUT2D eigenvalue weighted by Gasteiger charge is -2.09. The van der Waals surface area contributed by atoms with Crippen molar-refractivity contribution in [1.82, 2.24) is 0 Å². The van der Waals surface area contributed by atoms with Crippen LogP contribution in [0.25, 0.3) is 0 Å². The van der Waals surface area contributed by atoms with Crippen molar-refractivity contribution in [2.24, 2.45) is 5.73 Å². The molecule has 0 fully saturated rings. The van der Waals surface area contributed by atoms with Crippen LogP contribution in [-0.4, -0.2) is 11.7 Å². The molecule has 3 nitrogen and oxygen atoms in total. The number of nitrogens with zero attached hydrogens (tertiary/aromatic N) is 1. The number of aliphatic hydroxyl groups excluding tert-OH is 1. The van der Waals surface area contributed by atoms with Gasteiger partial charge in [-0.3, -0.25) is 0 Å². The van der Waals surface area contributed by atoms with Crippen LogP contribution in [0.5, 0.6) is 0 Å². The highest BCUT2D eigenvalue weighted by atomic mass is 16.3. The highest BCUT2D eigenvalue weighted by molar-refractivity contribution is 5.40. The molecule has 0 saturated heterocycles. The molecule has 68 valence electrons. The molecule has 0 aliphatic rings. The highest BCUT2D eigenvalue weighted by Gasteiger charge is 2.05. The number of benzene rings is 1. The summed E-state index contributed by atoms with van der Waals surface area (Å²) in [6.07, 6.45) is 0. The van der Waals surface area contributed by atoms with Gasteiger partial charge in [-0.2, -0.15) is 5.26 Å². The van der Waals surface area contributed by atoms with E-state index in [2.05, 4.69) is 6.07 Å². The molecule has 3 N–H and O–H groups in total. The predicted molar refractivity (Wildman–Crippen MR) is 49.9 cm³/mol. The molecule has 0 bridgehead atoms. The second kappa shape index (κ2) is 4.04. The summed E-state index contributed by atoms with van der Waals surface area (Å²) in [4.78, 5) is 0. The Kier molecular flexibility index (Phi) is 3.02. The molecule has 1 rings (SSSR count). The normalized spacial score (nSPS) is 12.2. The van der Waals surface area contributed by atoms with E-state index in [1.165, 1.54) is 0 Å². The Balaban J connectivity index is 3.04. The molecule has 13 heavy (non-hydrogen) atoms. The summed E-state index contributed by atoms with van der Waals surface area (Å²) in [5.41, 5.74) is 8.02. The zero-order valence-corrected chi connectivity index (χ0v) is 7.49. The number of aryl methyl sites for hydroxylation is 1. The van der Waals surface area contributed by atoms with E-state index in [0.717, 1.165) is 11.1 Å². The van der Waals surface area contributed by atoms with Crippen molar-refractivity contribution < 1.29 is 5.11 Å². The molecule has 1 atom stereocenters. The first kappa shape index (κ1) is 9.72. The summed E-state index contributed by atoms with van der Waals surface area (Å²) in [6, 6.07) is 7.05. The molecular formula is C10H12N2O. The molecule has 0 amide bonds. The average Bonchev–Trinajstić information content (AvgIpc) is 2.16. The maximum absolute atomic E-state index is 8.82. The van der Waals surface area contributed by atoms with Gasteiger partial charge in [-0.05, 0) is 24.1 Å². The summed E-state index contributed by atoms with van der Waals surface area (Å²) >= 11 is 0. The summed E-state index contributed by atoms with van der Waals surface area (Å²) in [6.45, 7) is 1.78. The van der Waals surface area contributed by atoms with Crippen LogP contribution in [0.3, 0.4) is 0 Å². The van der Waals surface area contributed by atoms with Crippen LogP contribution < -0.4 is 5.73 Å². The fourth-order valence-corrected chi connectivity index (χ4v) is 1.15. The first-order chi connectivity index (χ1) is 6.19. The number of nitrogens with two attached hydrogens (primary N) is 1. The standard InChI is InChI=1S/C10H12N2O/c1-7-4-8(10(12)6-13)2-3-9(7)5-11/h2-4,10,13H,6,12H2,1H3. The quantitative estimate of drug-likeness (QED) is 0.702. The van der Waals surface area contributed by atoms with Gasteiger partial charge >= 0.3 is 0 Å². The summed E-state index contributed by atoms with van der Waals surface area (Å²) in [5.74, 6) is 0. The van der Waals surface area contributed by atoms with Gasteiger partial charge in [-0.15, -0.1) is 0 Å². The molecule has 0 aliphatic carbocycles. The Bertz CT molecular complexity index is 341. The zero-order chi connectivity index (χ0) is 9.84. The third kappa shape index (κ3) is 2.05. The molecule has 0 aromatic heterocycles. The second-order valence-corrected chi connectivity index (χ2v) is 2.98. The van der Waals surface area contributed by atoms with Gasteiger partial charge in [0, 0.05) is 0 Å². The molecule has 0 spiro atoms. The molecule has 1 aromatic carbocycles. The van der Waals surface area contributed by atoms with Gasteiger partial charge < -0.3 is 10.8 Å². The van der Waals surface area contributed by atoms with Gasteiger partial charge in [-0.1, -0.05) is 12.1 Å². The monoisotopic (exact) mass is 176 g/mol. The number of aliphatic hydroxyl groups is 1. The third-order valence-electron chi connectivity index (χ3n) is 2.00. The molecule has 0 saturated carbocycles. The minimum atomic E-state index is -0.355. The molecular weight excluding hydrogens is 164 g/mol. The molecule has 0 heterocycles. The Labute approximate surface area is 77.4 Å². The Morgan fingerprint density at radius 1 is 1.62 bits per heavy atom. The van der Waals surface area contributed by atoms with Gasteiger partial charge in [0.25, 0.3) is 0 Å². The van der Waals surface area contributed by atoms with Crippen molar-refractivity contribution in [1.29, 1.82) is 5.26 Å². The van der Waals surface area contributed by atoms with Crippen molar-refractivity contribution in [3.63, 3.8) is 0 Å². The van der Waals surface area contributed by atoms with Gasteiger partial charge in [0.15, 0.2) is 0 Å². The summed E-state index contributed by atoms with van der Waals surface area (Å²) in [5, 5.41) is 17.5. The summed E-state index contributed by atoms with van der Waals surface area (Å²) < 4.78 is 0. The van der Waals surface area contributed by atoms with Crippen LogP contribution in [0.15, 0.2) is 18.2 Å². The SMILES string of the molecule is Cc1cc(C(N)CO)ccc1C#N. The average molecular weight is 176 g/mol. The van der Waals surface area contributed by atoms with E-state index in [-0.39, 0.29) is 12.6 Å². The first-order valence-corrected chi connectivity index (χ1v) is 4.06. The lowest BCUT2D eigenvalue weighted by atomic mass is 10.0. The molecule has 3 heteroatoms. The minimum Gasteiger partial charge on any atom is -0.394 e. The lowest BCUT2D eigenvalue weighted by Crippen LogP contribution is -2.14. The lowest BCUT2D eigenvalue weighted by molar-refractivity contribution is 0.268. The van der Waals surface area contributed by atoms with Crippen LogP contribution in [-0.2, 0) is 0 Å². The van der Waals surface area contributed by atoms with E-state index in [4.69, 9.17) is 16.1 Å². The largest absolute Gasteiger partial charge is 0.394 e. The highest BCUT2D eigenvalue weighted by Crippen LogP contribution is 2.14. The van der Waals surface area contributed by atoms with Gasteiger partial charge in [0.05, 0.1) is 24.3 Å². The van der Waals surface area contributed by atoms with Crippen molar-refractivity contribution in [2.75, 3.05) is 6.61 Å². The van der Waals surface area contributed by atoms with Crippen LogP contribution in [0.1, 0.15) is 22.7 Å². The van der Waals surface area contributed by atoms with Crippen molar-refractivity contribution in [3.8, 4) is 6.07 Å². The maximum atomic E-state index is 8.82. The molecule has 1 unspecified atom stereocenters. The second-order valence-electron chi connectivity index (χ2n) is 2.98. The predicted octanol–water partition coefficient (Wildman–Crippen LogP) is 0.859. The number of nitriles is 1. The smallest absolute Gasteiger partial charge is 0.0994 e. The molecule has 1 aromatic rings. The Morgan fingerprint density at radius 2 is 2.31 bits per heavy atom. The fraction of sp³-hybridized carbons (Fsp3) is 0.300. The van der Waals surface area contributed by atoms with E-state index in [0.29, 0.717) is 5.56 Å². The van der Waals surface area contributed by atoms with Crippen molar-refractivity contribution in [3.05, 3.63) is 34.9 Å². The number of hydrogen-bond acceptors (Lipinski definition) is 3. The minimum absolute atomic E-state index is 0.0780. The number of hydrogen-bond donors (Lipinski definition) is 2. The Morgan fingerprint density at radius 3 is 2.77 bits per heavy atom. The van der Waals surface area contributed by atoms with Crippen LogP contribution >= 0.6 is 0 Å². The maximum Gasteiger partial charge on any atom is 0.0994 e. The van der Waals surface area contributed by atoms with E-state index in [9.17, 15) is 0 Å². The van der Waals surface area contributed by atoms with E-state index in [1.807, 2.05) is 13.0 Å². The van der Waals surface area contributed by atoms with Crippen LogP contribution in [0, 0.1) is 18.3 Å². The van der Waals surface area contributed by atoms with Gasteiger partial charge in [0.1, 0.15) is 0 Å². The van der Waals surface area contributed by atoms with Crippen LogP contribution in [0.4, 0.5) is 0 Å². The Hall–Kier alpha value is -1.37. The van der Waals surface area contributed by atoms with Crippen molar-refractivity contribution in [2.45, 2.75) is 13.0 Å². The van der Waals surface area contributed by atoms with Crippen molar-refractivity contribution >= 4 is 0 Å². The fourth-order valence-electron chi connectivity index (χ4n) is 1.15. The molecule has 0 aliphatic heterocycles. The van der Waals surface area contributed by atoms with E-state index < -0.39 is 0 Å². The molecule has 0 radical (unpaired) electrons. The third-order valence-corrected chi connectivity index (χ3v) is 2.00. The van der Waals surface area contributed by atoms with Gasteiger partial charge in [0.2, 0.25) is 0 Å². The summed E-state index contributed by atoms with van der Waals surface area (Å²) in [7, 11) is 0. The van der Waals surface area contributed by atoms with Crippen LogP contribution in [0.2, 0.25) is 0 Å². The van der Waals surface area contributed by atoms with E-state index >= 15 is 0 Å². The van der Waals surface area contributed by atoms with Gasteiger partial charge in [-0.25, -0.2) is 0 Å².